The van der Waals surface area contributed by atoms with Crippen LogP contribution in [0.25, 0.3) is 0 Å². The molecule has 2 aromatic rings. The normalized spacial score (nSPS) is 11.3. The molecule has 20 heavy (non-hydrogen) atoms. The third kappa shape index (κ3) is 3.08. The second kappa shape index (κ2) is 5.50. The number of halogens is 1. The SMILES string of the molecule is COc1ccc(CS(=O)(=O)c2ccc(N)cc2)cc1F. The van der Waals surface area contributed by atoms with Crippen LogP contribution in [-0.4, -0.2) is 15.5 Å². The number of nitrogens with two attached hydrogens (primary N) is 1. The molecule has 0 bridgehead atoms. The molecule has 6 heteroatoms. The Morgan fingerprint density at radius 2 is 1.80 bits per heavy atom. The summed E-state index contributed by atoms with van der Waals surface area (Å²) >= 11 is 0. The Bertz CT molecular complexity index is 712. The minimum atomic E-state index is -3.53. The van der Waals surface area contributed by atoms with Crippen LogP contribution in [0.15, 0.2) is 47.4 Å². The second-order valence-electron chi connectivity index (χ2n) is 4.30. The maximum atomic E-state index is 13.5. The molecule has 0 unspecified atom stereocenters. The van der Waals surface area contributed by atoms with Crippen LogP contribution in [-0.2, 0) is 15.6 Å². The Labute approximate surface area is 116 Å². The van der Waals surface area contributed by atoms with E-state index in [1.54, 1.807) is 0 Å². The van der Waals surface area contributed by atoms with Gasteiger partial charge in [0.25, 0.3) is 0 Å². The largest absolute Gasteiger partial charge is 0.494 e. The van der Waals surface area contributed by atoms with Crippen LogP contribution >= 0.6 is 0 Å². The van der Waals surface area contributed by atoms with Gasteiger partial charge in [-0.2, -0.15) is 0 Å². The first-order valence-corrected chi connectivity index (χ1v) is 7.48. The second-order valence-corrected chi connectivity index (χ2v) is 6.29. The van der Waals surface area contributed by atoms with E-state index in [-0.39, 0.29) is 16.4 Å². The zero-order chi connectivity index (χ0) is 14.8. The summed E-state index contributed by atoms with van der Waals surface area (Å²) in [6, 6.07) is 9.99. The van der Waals surface area contributed by atoms with Crippen LogP contribution in [0.4, 0.5) is 10.1 Å². The average Bonchev–Trinajstić information content (AvgIpc) is 2.39. The lowest BCUT2D eigenvalue weighted by Crippen LogP contribution is -2.05. The summed E-state index contributed by atoms with van der Waals surface area (Å²) in [5, 5.41) is 0. The van der Waals surface area contributed by atoms with Gasteiger partial charge in [-0.3, -0.25) is 0 Å². The molecule has 0 fully saturated rings. The van der Waals surface area contributed by atoms with Crippen molar-refractivity contribution in [3.63, 3.8) is 0 Å². The molecule has 2 N–H and O–H groups in total. The number of sulfone groups is 1. The zero-order valence-corrected chi connectivity index (χ0v) is 11.7. The lowest BCUT2D eigenvalue weighted by Gasteiger charge is -2.07. The third-order valence-corrected chi connectivity index (χ3v) is 4.52. The van der Waals surface area contributed by atoms with Gasteiger partial charge in [0.15, 0.2) is 21.4 Å². The van der Waals surface area contributed by atoms with Crippen LogP contribution in [0.1, 0.15) is 5.56 Å². The molecule has 0 aliphatic carbocycles. The fourth-order valence-electron chi connectivity index (χ4n) is 1.78. The number of ether oxygens (including phenoxy) is 1. The van der Waals surface area contributed by atoms with Gasteiger partial charge in [-0.1, -0.05) is 6.07 Å². The van der Waals surface area contributed by atoms with Crippen molar-refractivity contribution in [1.29, 1.82) is 0 Å². The number of anilines is 1. The third-order valence-electron chi connectivity index (χ3n) is 2.81. The summed E-state index contributed by atoms with van der Waals surface area (Å²) in [5.74, 6) is -0.784. The van der Waals surface area contributed by atoms with Crippen LogP contribution in [0.5, 0.6) is 5.75 Å². The van der Waals surface area contributed by atoms with Gasteiger partial charge < -0.3 is 10.5 Å². The van der Waals surface area contributed by atoms with Crippen LogP contribution in [0, 0.1) is 5.82 Å². The molecule has 4 nitrogen and oxygen atoms in total. The van der Waals surface area contributed by atoms with Crippen molar-refractivity contribution >= 4 is 15.5 Å². The van der Waals surface area contributed by atoms with E-state index >= 15 is 0 Å². The molecule has 0 spiro atoms. The number of benzene rings is 2. The first-order valence-electron chi connectivity index (χ1n) is 5.83. The molecule has 0 saturated heterocycles. The van der Waals surface area contributed by atoms with Gasteiger partial charge in [-0.05, 0) is 42.0 Å². The number of nitrogen functional groups attached to an aromatic ring is 1. The van der Waals surface area contributed by atoms with Gasteiger partial charge in [-0.25, -0.2) is 12.8 Å². The fraction of sp³-hybridized carbons (Fsp3) is 0.143. The van der Waals surface area contributed by atoms with Gasteiger partial charge in [0, 0.05) is 5.69 Å². The molecule has 0 aliphatic rings. The minimum absolute atomic E-state index is 0.0821. The van der Waals surface area contributed by atoms with E-state index < -0.39 is 15.7 Å². The fourth-order valence-corrected chi connectivity index (χ4v) is 3.11. The molecule has 0 amide bonds. The van der Waals surface area contributed by atoms with Gasteiger partial charge in [0.2, 0.25) is 0 Å². The van der Waals surface area contributed by atoms with E-state index in [4.69, 9.17) is 10.5 Å². The average molecular weight is 295 g/mol. The number of hydrogen-bond donors (Lipinski definition) is 1. The molecule has 0 aromatic heterocycles. The molecule has 0 aliphatic heterocycles. The molecule has 2 rings (SSSR count). The van der Waals surface area contributed by atoms with Crippen molar-refractivity contribution in [2.45, 2.75) is 10.6 Å². The van der Waals surface area contributed by atoms with Crippen molar-refractivity contribution < 1.29 is 17.5 Å². The Hall–Kier alpha value is -2.08. The van der Waals surface area contributed by atoms with Gasteiger partial charge in [0.05, 0.1) is 17.8 Å². The first-order chi connectivity index (χ1) is 9.42. The molecular weight excluding hydrogens is 281 g/mol. The number of rotatable bonds is 4. The molecule has 0 heterocycles. The van der Waals surface area contributed by atoms with E-state index in [0.29, 0.717) is 11.3 Å². The lowest BCUT2D eigenvalue weighted by atomic mass is 10.2. The Kier molecular flexibility index (Phi) is 3.94. The summed E-state index contributed by atoms with van der Waals surface area (Å²) in [6.07, 6.45) is 0. The number of methoxy groups -OCH3 is 1. The van der Waals surface area contributed by atoms with E-state index in [1.807, 2.05) is 0 Å². The molecule has 0 atom stereocenters. The molecule has 0 radical (unpaired) electrons. The monoisotopic (exact) mass is 295 g/mol. The smallest absolute Gasteiger partial charge is 0.182 e. The Morgan fingerprint density at radius 3 is 2.35 bits per heavy atom. The van der Waals surface area contributed by atoms with E-state index in [2.05, 4.69) is 0 Å². The lowest BCUT2D eigenvalue weighted by molar-refractivity contribution is 0.386. The predicted octanol–water partition coefficient (Wildman–Crippen LogP) is 2.39. The highest BCUT2D eigenvalue weighted by Crippen LogP contribution is 2.22. The minimum Gasteiger partial charge on any atom is -0.494 e. The molecule has 0 saturated carbocycles. The Balaban J connectivity index is 2.28. The maximum absolute atomic E-state index is 13.5. The maximum Gasteiger partial charge on any atom is 0.182 e. The highest BCUT2D eigenvalue weighted by Gasteiger charge is 2.16. The van der Waals surface area contributed by atoms with Crippen LogP contribution in [0.2, 0.25) is 0 Å². The Morgan fingerprint density at radius 1 is 1.15 bits per heavy atom. The summed E-state index contributed by atoms with van der Waals surface area (Å²) < 4.78 is 42.7. The quantitative estimate of drug-likeness (QED) is 0.879. The first kappa shape index (κ1) is 14.3. The van der Waals surface area contributed by atoms with Crippen molar-refractivity contribution in [2.24, 2.45) is 0 Å². The highest BCUT2D eigenvalue weighted by atomic mass is 32.2. The van der Waals surface area contributed by atoms with Gasteiger partial charge in [0.1, 0.15) is 0 Å². The summed E-state index contributed by atoms with van der Waals surface area (Å²) in [4.78, 5) is 0.155. The summed E-state index contributed by atoms with van der Waals surface area (Å²) in [7, 11) is -2.18. The number of hydrogen-bond acceptors (Lipinski definition) is 4. The van der Waals surface area contributed by atoms with Crippen LogP contribution in [0.3, 0.4) is 0 Å². The van der Waals surface area contributed by atoms with Crippen molar-refractivity contribution in [3.05, 3.63) is 53.8 Å². The molecule has 2 aromatic carbocycles. The zero-order valence-electron chi connectivity index (χ0n) is 10.8. The van der Waals surface area contributed by atoms with Crippen LogP contribution < -0.4 is 10.5 Å². The highest BCUT2D eigenvalue weighted by molar-refractivity contribution is 7.90. The summed E-state index contributed by atoms with van der Waals surface area (Å²) in [5.41, 5.74) is 6.36. The van der Waals surface area contributed by atoms with E-state index in [0.717, 1.165) is 6.07 Å². The predicted molar refractivity (Wildman–Crippen MR) is 74.7 cm³/mol. The van der Waals surface area contributed by atoms with Gasteiger partial charge >= 0.3 is 0 Å². The summed E-state index contributed by atoms with van der Waals surface area (Å²) in [6.45, 7) is 0. The van der Waals surface area contributed by atoms with Crippen molar-refractivity contribution in [3.8, 4) is 5.75 Å². The van der Waals surface area contributed by atoms with Gasteiger partial charge in [-0.15, -0.1) is 0 Å². The van der Waals surface area contributed by atoms with Crippen molar-refractivity contribution in [2.75, 3.05) is 12.8 Å². The molecular formula is C14H14FNO3S. The van der Waals surface area contributed by atoms with Crippen molar-refractivity contribution in [1.82, 2.24) is 0 Å². The molecule has 106 valence electrons. The van der Waals surface area contributed by atoms with E-state index in [1.165, 1.54) is 43.5 Å². The standard InChI is InChI=1S/C14H14FNO3S/c1-19-14-7-2-10(8-13(14)15)9-20(17,18)12-5-3-11(16)4-6-12/h2-8H,9,16H2,1H3. The van der Waals surface area contributed by atoms with E-state index in [9.17, 15) is 12.8 Å². The topological polar surface area (TPSA) is 69.4 Å².